The van der Waals surface area contributed by atoms with Gasteiger partial charge in [0.25, 0.3) is 0 Å². The van der Waals surface area contributed by atoms with Crippen LogP contribution in [0.4, 0.5) is 0 Å². The van der Waals surface area contributed by atoms with Crippen LogP contribution in [0.1, 0.15) is 24.4 Å². The lowest BCUT2D eigenvalue weighted by atomic mass is 9.71. The van der Waals surface area contributed by atoms with Crippen LogP contribution in [0.5, 0.6) is 0 Å². The molecule has 0 radical (unpaired) electrons. The van der Waals surface area contributed by atoms with E-state index in [9.17, 15) is 0 Å². The lowest BCUT2D eigenvalue weighted by Crippen LogP contribution is -2.19. The molecule has 2 aromatic heterocycles. The molecule has 3 aliphatic carbocycles. The fourth-order valence-electron chi connectivity index (χ4n) is 3.11. The van der Waals surface area contributed by atoms with Crippen molar-refractivity contribution in [1.29, 1.82) is 0 Å². The summed E-state index contributed by atoms with van der Waals surface area (Å²) in [6.07, 6.45) is 10.6. The van der Waals surface area contributed by atoms with Crippen LogP contribution in [0, 0.1) is 11.8 Å². The molecule has 2 heterocycles. The van der Waals surface area contributed by atoms with Crippen LogP contribution in [0.2, 0.25) is 0 Å². The minimum Gasteiger partial charge on any atom is -0.465 e. The Balaban J connectivity index is 1.74. The SMILES string of the molecule is C1=C(c2ccco2)[C@H]2C=C(c3ccco3)[C@@H]1CC2. The summed E-state index contributed by atoms with van der Waals surface area (Å²) in [6, 6.07) is 8.01. The predicted octanol–water partition coefficient (Wildman–Crippen LogP) is 4.38. The van der Waals surface area contributed by atoms with E-state index in [1.165, 1.54) is 24.0 Å². The Kier molecular flexibility index (Phi) is 2.10. The molecule has 0 unspecified atom stereocenters. The van der Waals surface area contributed by atoms with Crippen LogP contribution in [0.15, 0.2) is 57.8 Å². The smallest absolute Gasteiger partial charge is 0.130 e. The molecule has 2 heteroatoms. The molecule has 18 heavy (non-hydrogen) atoms. The predicted molar refractivity (Wildman–Crippen MR) is 69.6 cm³/mol. The fourth-order valence-corrected chi connectivity index (χ4v) is 3.11. The Morgan fingerprint density at radius 1 is 0.778 bits per heavy atom. The maximum absolute atomic E-state index is 5.53. The van der Waals surface area contributed by atoms with E-state index < -0.39 is 0 Å². The first-order valence-corrected chi connectivity index (χ1v) is 6.43. The maximum atomic E-state index is 5.53. The Bertz CT molecular complexity index is 543. The molecule has 0 N–H and O–H groups in total. The van der Waals surface area contributed by atoms with Gasteiger partial charge in [0.05, 0.1) is 12.5 Å². The second-order valence-electron chi connectivity index (χ2n) is 4.99. The van der Waals surface area contributed by atoms with E-state index in [4.69, 9.17) is 8.83 Å². The summed E-state index contributed by atoms with van der Waals surface area (Å²) in [5, 5.41) is 0. The summed E-state index contributed by atoms with van der Waals surface area (Å²) in [5.41, 5.74) is 2.68. The molecule has 0 spiro atoms. The lowest BCUT2D eigenvalue weighted by molar-refractivity contribution is 0.495. The van der Waals surface area contributed by atoms with Crippen molar-refractivity contribution in [2.24, 2.45) is 11.8 Å². The van der Waals surface area contributed by atoms with Gasteiger partial charge in [0.2, 0.25) is 0 Å². The van der Waals surface area contributed by atoms with Gasteiger partial charge in [-0.2, -0.15) is 0 Å². The van der Waals surface area contributed by atoms with Crippen LogP contribution >= 0.6 is 0 Å². The Labute approximate surface area is 106 Å². The van der Waals surface area contributed by atoms with Gasteiger partial charge in [-0.3, -0.25) is 0 Å². The molecular weight excluding hydrogens is 224 g/mol. The largest absolute Gasteiger partial charge is 0.465 e. The van der Waals surface area contributed by atoms with Gasteiger partial charge in [-0.1, -0.05) is 12.2 Å². The van der Waals surface area contributed by atoms with Gasteiger partial charge in [0.1, 0.15) is 11.5 Å². The van der Waals surface area contributed by atoms with E-state index >= 15 is 0 Å². The van der Waals surface area contributed by atoms with Crippen LogP contribution in [0.3, 0.4) is 0 Å². The highest BCUT2D eigenvalue weighted by Crippen LogP contribution is 2.47. The van der Waals surface area contributed by atoms with Crippen LogP contribution in [0.25, 0.3) is 11.1 Å². The van der Waals surface area contributed by atoms with Crippen molar-refractivity contribution in [2.75, 3.05) is 0 Å². The molecule has 2 atom stereocenters. The summed E-state index contributed by atoms with van der Waals surface area (Å²) in [7, 11) is 0. The average molecular weight is 238 g/mol. The van der Waals surface area contributed by atoms with Crippen molar-refractivity contribution in [3.05, 3.63) is 60.5 Å². The molecule has 2 bridgehead atoms. The standard InChI is InChI=1S/C16H14O2/c1-3-15(17-7-1)13-9-12-6-5-11(13)10-14(12)16-4-2-8-18-16/h1-4,7-12H,5-6H2/t11-,12-/m1/s1. The molecule has 0 aromatic carbocycles. The third kappa shape index (κ3) is 1.42. The molecule has 90 valence electrons. The normalized spacial score (nSPS) is 26.0. The molecule has 3 aliphatic rings. The van der Waals surface area contributed by atoms with Gasteiger partial charge in [0.15, 0.2) is 0 Å². The van der Waals surface area contributed by atoms with E-state index in [1.54, 1.807) is 12.5 Å². The molecule has 5 rings (SSSR count). The minimum absolute atomic E-state index is 0.473. The van der Waals surface area contributed by atoms with Crippen LogP contribution in [-0.2, 0) is 0 Å². The van der Waals surface area contributed by atoms with E-state index in [2.05, 4.69) is 12.2 Å². The van der Waals surface area contributed by atoms with E-state index in [1.807, 2.05) is 24.3 Å². The number of fused-ring (bicyclic) bond motifs is 1. The zero-order chi connectivity index (χ0) is 11.9. The third-order valence-corrected chi connectivity index (χ3v) is 3.96. The summed E-state index contributed by atoms with van der Waals surface area (Å²) in [6.45, 7) is 0. The molecule has 2 aromatic rings. The monoisotopic (exact) mass is 238 g/mol. The van der Waals surface area contributed by atoms with Crippen molar-refractivity contribution < 1.29 is 8.83 Å². The summed E-state index contributed by atoms with van der Waals surface area (Å²) < 4.78 is 11.1. The van der Waals surface area contributed by atoms with Crippen molar-refractivity contribution in [3.63, 3.8) is 0 Å². The maximum Gasteiger partial charge on any atom is 0.130 e. The molecule has 0 aliphatic heterocycles. The number of rotatable bonds is 2. The number of hydrogen-bond donors (Lipinski definition) is 0. The zero-order valence-corrected chi connectivity index (χ0v) is 10.0. The van der Waals surface area contributed by atoms with Gasteiger partial charge in [0, 0.05) is 11.8 Å². The van der Waals surface area contributed by atoms with E-state index in [-0.39, 0.29) is 0 Å². The average Bonchev–Trinajstić information content (AvgIpc) is 3.13. The Hall–Kier alpha value is -1.96. The Morgan fingerprint density at radius 3 is 1.61 bits per heavy atom. The molecule has 2 nitrogen and oxygen atoms in total. The van der Waals surface area contributed by atoms with Gasteiger partial charge in [-0.25, -0.2) is 0 Å². The summed E-state index contributed by atoms with van der Waals surface area (Å²) >= 11 is 0. The van der Waals surface area contributed by atoms with Crippen molar-refractivity contribution >= 4 is 11.1 Å². The van der Waals surface area contributed by atoms with Crippen molar-refractivity contribution in [3.8, 4) is 0 Å². The number of furan rings is 2. The number of allylic oxidation sites excluding steroid dienone is 4. The second kappa shape index (κ2) is 3.77. The van der Waals surface area contributed by atoms with E-state index in [0.717, 1.165) is 11.5 Å². The number of hydrogen-bond acceptors (Lipinski definition) is 2. The Morgan fingerprint density at radius 2 is 1.28 bits per heavy atom. The first kappa shape index (κ1) is 10.0. The van der Waals surface area contributed by atoms with Gasteiger partial charge in [-0.15, -0.1) is 0 Å². The molecular formula is C16H14O2. The van der Waals surface area contributed by atoms with Crippen LogP contribution < -0.4 is 0 Å². The first-order valence-electron chi connectivity index (χ1n) is 6.43. The quantitative estimate of drug-likeness (QED) is 0.776. The van der Waals surface area contributed by atoms with Gasteiger partial charge < -0.3 is 8.83 Å². The topological polar surface area (TPSA) is 26.3 Å². The molecule has 0 saturated heterocycles. The summed E-state index contributed by atoms with van der Waals surface area (Å²) in [4.78, 5) is 0. The van der Waals surface area contributed by atoms with E-state index in [0.29, 0.717) is 11.8 Å². The second-order valence-corrected chi connectivity index (χ2v) is 4.99. The molecule has 0 saturated carbocycles. The van der Waals surface area contributed by atoms with Crippen molar-refractivity contribution in [1.82, 2.24) is 0 Å². The highest BCUT2D eigenvalue weighted by molar-refractivity contribution is 5.79. The molecule has 0 amide bonds. The minimum atomic E-state index is 0.473. The lowest BCUT2D eigenvalue weighted by Gasteiger charge is -2.33. The van der Waals surface area contributed by atoms with Crippen molar-refractivity contribution in [2.45, 2.75) is 12.8 Å². The van der Waals surface area contributed by atoms with Crippen LogP contribution in [-0.4, -0.2) is 0 Å². The first-order chi connectivity index (χ1) is 8.92. The zero-order valence-electron chi connectivity index (χ0n) is 10.0. The summed E-state index contributed by atoms with van der Waals surface area (Å²) in [5.74, 6) is 2.97. The highest BCUT2D eigenvalue weighted by Gasteiger charge is 2.32. The fraction of sp³-hybridized carbons (Fsp3) is 0.250. The molecule has 0 fully saturated rings. The van der Waals surface area contributed by atoms with Gasteiger partial charge in [-0.05, 0) is 48.3 Å². The third-order valence-electron chi connectivity index (χ3n) is 3.96. The highest BCUT2D eigenvalue weighted by atomic mass is 16.3. The van der Waals surface area contributed by atoms with Gasteiger partial charge >= 0.3 is 0 Å².